The van der Waals surface area contributed by atoms with Crippen LogP contribution in [0.25, 0.3) is 0 Å². The third kappa shape index (κ3) is 0.713. The van der Waals surface area contributed by atoms with Crippen LogP contribution in [0.15, 0.2) is 23.3 Å². The van der Waals surface area contributed by atoms with Crippen LogP contribution in [0.1, 0.15) is 12.8 Å². The predicted molar refractivity (Wildman–Crippen MR) is 46.3 cm³/mol. The van der Waals surface area contributed by atoms with Crippen LogP contribution in [-0.4, -0.2) is 0 Å². The maximum Gasteiger partial charge on any atom is 0.0215 e. The Balaban J connectivity index is 2.11. The second kappa shape index (κ2) is 1.92. The largest absolute Gasteiger partial charge is 0.0888 e. The van der Waals surface area contributed by atoms with Gasteiger partial charge < -0.3 is 0 Å². The van der Waals surface area contributed by atoms with Crippen molar-refractivity contribution in [3.8, 4) is 0 Å². The molecule has 3 aliphatic carbocycles. The summed E-state index contributed by atoms with van der Waals surface area (Å²) < 4.78 is 0. The highest BCUT2D eigenvalue weighted by atomic mass is 35.5. The molecule has 4 atom stereocenters. The molecule has 0 saturated heterocycles. The van der Waals surface area contributed by atoms with Crippen LogP contribution >= 0.6 is 11.6 Å². The smallest absolute Gasteiger partial charge is 0.0215 e. The average molecular weight is 167 g/mol. The molecule has 0 aromatic carbocycles. The topological polar surface area (TPSA) is 0 Å². The van der Waals surface area contributed by atoms with Gasteiger partial charge in [-0.25, -0.2) is 0 Å². The Morgan fingerprint density at radius 2 is 2.18 bits per heavy atom. The number of fused-ring (bicyclic) bond motifs is 1. The Kier molecular flexibility index (Phi) is 1.10. The summed E-state index contributed by atoms with van der Waals surface area (Å²) in [5, 5.41) is 1.11. The first-order chi connectivity index (χ1) is 5.34. The van der Waals surface area contributed by atoms with Crippen molar-refractivity contribution in [2.75, 3.05) is 0 Å². The van der Waals surface area contributed by atoms with E-state index in [1.165, 1.54) is 12.8 Å². The van der Waals surface area contributed by atoms with Crippen molar-refractivity contribution in [3.63, 3.8) is 0 Å². The molecule has 1 fully saturated rings. The van der Waals surface area contributed by atoms with Gasteiger partial charge in [0.1, 0.15) is 0 Å². The molecule has 1 heteroatoms. The minimum atomic E-state index is 0.598. The molecule has 58 valence electrons. The van der Waals surface area contributed by atoms with E-state index in [1.807, 2.05) is 0 Å². The van der Waals surface area contributed by atoms with E-state index in [9.17, 15) is 0 Å². The molecule has 11 heavy (non-hydrogen) atoms. The van der Waals surface area contributed by atoms with Gasteiger partial charge in [0.2, 0.25) is 0 Å². The monoisotopic (exact) mass is 166 g/mol. The van der Waals surface area contributed by atoms with Crippen molar-refractivity contribution in [2.24, 2.45) is 23.7 Å². The van der Waals surface area contributed by atoms with Gasteiger partial charge >= 0.3 is 0 Å². The summed E-state index contributed by atoms with van der Waals surface area (Å²) in [5.74, 6) is 3.13. The van der Waals surface area contributed by atoms with E-state index in [4.69, 9.17) is 11.6 Å². The number of allylic oxidation sites excluding steroid dienone is 4. The first-order valence-corrected chi connectivity index (χ1v) is 4.78. The maximum atomic E-state index is 6.15. The summed E-state index contributed by atoms with van der Waals surface area (Å²) in [6.45, 7) is 0. The van der Waals surface area contributed by atoms with Crippen LogP contribution in [0.2, 0.25) is 0 Å². The fraction of sp³-hybridized carbons (Fsp3) is 0.600. The molecule has 3 aliphatic rings. The zero-order valence-electron chi connectivity index (χ0n) is 6.33. The van der Waals surface area contributed by atoms with Crippen LogP contribution in [0.5, 0.6) is 0 Å². The van der Waals surface area contributed by atoms with E-state index in [0.717, 1.165) is 22.8 Å². The van der Waals surface area contributed by atoms with Gasteiger partial charge in [0.25, 0.3) is 0 Å². The van der Waals surface area contributed by atoms with E-state index < -0.39 is 0 Å². The quantitative estimate of drug-likeness (QED) is 0.486. The fourth-order valence-corrected chi connectivity index (χ4v) is 3.37. The highest BCUT2D eigenvalue weighted by Crippen LogP contribution is 2.53. The van der Waals surface area contributed by atoms with Gasteiger partial charge in [0, 0.05) is 11.0 Å². The van der Waals surface area contributed by atoms with E-state index in [0.29, 0.717) is 5.92 Å². The zero-order valence-corrected chi connectivity index (χ0v) is 7.09. The number of hydrogen-bond donors (Lipinski definition) is 0. The number of rotatable bonds is 0. The van der Waals surface area contributed by atoms with Crippen LogP contribution in [-0.2, 0) is 0 Å². The highest BCUT2D eigenvalue weighted by Gasteiger charge is 2.43. The van der Waals surface area contributed by atoms with Crippen molar-refractivity contribution in [1.29, 1.82) is 0 Å². The molecule has 2 bridgehead atoms. The molecule has 0 radical (unpaired) electrons. The first kappa shape index (κ1) is 6.30. The van der Waals surface area contributed by atoms with Gasteiger partial charge in [0.15, 0.2) is 0 Å². The van der Waals surface area contributed by atoms with Gasteiger partial charge in [-0.05, 0) is 30.6 Å². The second-order valence-corrected chi connectivity index (χ2v) is 4.46. The molecule has 1 saturated carbocycles. The molecule has 0 N–H and O–H groups in total. The second-order valence-electron chi connectivity index (χ2n) is 4.02. The van der Waals surface area contributed by atoms with E-state index in [-0.39, 0.29) is 0 Å². The third-order valence-electron chi connectivity index (χ3n) is 3.44. The average Bonchev–Trinajstić information content (AvgIpc) is 2.40. The van der Waals surface area contributed by atoms with Crippen molar-refractivity contribution in [1.82, 2.24) is 0 Å². The third-order valence-corrected chi connectivity index (χ3v) is 3.82. The van der Waals surface area contributed by atoms with Gasteiger partial charge in [-0.2, -0.15) is 0 Å². The molecule has 3 rings (SSSR count). The number of halogens is 1. The van der Waals surface area contributed by atoms with E-state index in [1.54, 1.807) is 0 Å². The van der Waals surface area contributed by atoms with Crippen LogP contribution in [0, 0.1) is 23.7 Å². The Bertz CT molecular complexity index is 252. The Hall–Kier alpha value is -0.230. The lowest BCUT2D eigenvalue weighted by molar-refractivity contribution is 0.411. The molecule has 0 amide bonds. The molecule has 0 heterocycles. The SMILES string of the molecule is ClC1=CC2CC3C=CC1C3C2. The summed E-state index contributed by atoms with van der Waals surface area (Å²) in [6.07, 6.45) is 9.72. The molecular formula is C10H11Cl. The molecule has 0 aromatic rings. The van der Waals surface area contributed by atoms with Gasteiger partial charge in [-0.15, -0.1) is 0 Å². The molecular weight excluding hydrogens is 156 g/mol. The molecule has 0 nitrogen and oxygen atoms in total. The minimum Gasteiger partial charge on any atom is -0.0888 e. The summed E-state index contributed by atoms with van der Waals surface area (Å²) >= 11 is 6.15. The standard InChI is InChI=1S/C10H11Cl/c11-10-5-6-3-7-1-2-8(10)9(7)4-6/h1-2,5-9H,3-4H2. The van der Waals surface area contributed by atoms with E-state index in [2.05, 4.69) is 18.2 Å². The Morgan fingerprint density at radius 3 is 3.09 bits per heavy atom. The predicted octanol–water partition coefficient (Wildman–Crippen LogP) is 2.95. The molecule has 0 spiro atoms. The summed E-state index contributed by atoms with van der Waals surface area (Å²) in [4.78, 5) is 0. The zero-order chi connectivity index (χ0) is 7.42. The Morgan fingerprint density at radius 1 is 1.27 bits per heavy atom. The van der Waals surface area contributed by atoms with Gasteiger partial charge in [-0.3, -0.25) is 0 Å². The maximum absolute atomic E-state index is 6.15. The van der Waals surface area contributed by atoms with Crippen molar-refractivity contribution < 1.29 is 0 Å². The van der Waals surface area contributed by atoms with Crippen molar-refractivity contribution in [3.05, 3.63) is 23.3 Å². The lowest BCUT2D eigenvalue weighted by atomic mass is 9.86. The van der Waals surface area contributed by atoms with Crippen LogP contribution < -0.4 is 0 Å². The van der Waals surface area contributed by atoms with Crippen molar-refractivity contribution >= 4 is 11.6 Å². The normalized spacial score (nSPS) is 51.5. The summed E-state index contributed by atoms with van der Waals surface area (Å²) in [6, 6.07) is 0. The Labute approximate surface area is 71.9 Å². The van der Waals surface area contributed by atoms with Crippen LogP contribution in [0.4, 0.5) is 0 Å². The lowest BCUT2D eigenvalue weighted by Gasteiger charge is -2.22. The van der Waals surface area contributed by atoms with Crippen molar-refractivity contribution in [2.45, 2.75) is 12.8 Å². The summed E-state index contributed by atoms with van der Waals surface area (Å²) in [5.41, 5.74) is 0. The first-order valence-electron chi connectivity index (χ1n) is 4.40. The highest BCUT2D eigenvalue weighted by molar-refractivity contribution is 6.30. The van der Waals surface area contributed by atoms with E-state index >= 15 is 0 Å². The van der Waals surface area contributed by atoms with Gasteiger partial charge in [-0.1, -0.05) is 29.8 Å². The number of hydrogen-bond acceptors (Lipinski definition) is 0. The minimum absolute atomic E-state index is 0.598. The lowest BCUT2D eigenvalue weighted by Crippen LogP contribution is -2.13. The van der Waals surface area contributed by atoms with Crippen LogP contribution in [0.3, 0.4) is 0 Å². The molecule has 4 unspecified atom stereocenters. The molecule has 0 aromatic heterocycles. The molecule has 0 aliphatic heterocycles. The fourth-order valence-electron chi connectivity index (χ4n) is 2.95. The van der Waals surface area contributed by atoms with Gasteiger partial charge in [0.05, 0.1) is 0 Å². The summed E-state index contributed by atoms with van der Waals surface area (Å²) in [7, 11) is 0.